The molecule has 0 aliphatic rings. The average molecular weight is 310 g/mol. The van der Waals surface area contributed by atoms with Gasteiger partial charge < -0.3 is 5.73 Å². The SMILES string of the molecule is NCc1cc(-c2cccc(C(=O)NN)c2)nc(C(F)(F)F)c1. The normalized spacial score (nSPS) is 11.3. The van der Waals surface area contributed by atoms with Gasteiger partial charge in [-0.25, -0.2) is 10.8 Å². The van der Waals surface area contributed by atoms with E-state index in [1.807, 2.05) is 5.43 Å². The van der Waals surface area contributed by atoms with E-state index in [1.165, 1.54) is 24.3 Å². The number of halogens is 3. The van der Waals surface area contributed by atoms with Crippen LogP contribution in [0.3, 0.4) is 0 Å². The molecule has 5 N–H and O–H groups in total. The third-order valence-corrected chi connectivity index (χ3v) is 2.96. The van der Waals surface area contributed by atoms with Crippen molar-refractivity contribution in [3.63, 3.8) is 0 Å². The zero-order chi connectivity index (χ0) is 16.3. The molecule has 8 heteroatoms. The number of nitrogens with zero attached hydrogens (tertiary/aromatic N) is 1. The van der Waals surface area contributed by atoms with Gasteiger partial charge in [0.2, 0.25) is 0 Å². The minimum absolute atomic E-state index is 0.0540. The van der Waals surface area contributed by atoms with E-state index in [-0.39, 0.29) is 17.8 Å². The summed E-state index contributed by atoms with van der Waals surface area (Å²) in [6.45, 7) is -0.0540. The Morgan fingerprint density at radius 3 is 2.55 bits per heavy atom. The molecule has 1 aromatic carbocycles. The van der Waals surface area contributed by atoms with E-state index in [9.17, 15) is 18.0 Å². The van der Waals surface area contributed by atoms with Crippen LogP contribution in [0.25, 0.3) is 11.3 Å². The average Bonchev–Trinajstić information content (AvgIpc) is 2.52. The lowest BCUT2D eigenvalue weighted by atomic mass is 10.0. The van der Waals surface area contributed by atoms with Crippen molar-refractivity contribution in [3.05, 3.63) is 53.2 Å². The van der Waals surface area contributed by atoms with Gasteiger partial charge >= 0.3 is 6.18 Å². The Kier molecular flexibility index (Phi) is 4.43. The smallest absolute Gasteiger partial charge is 0.326 e. The van der Waals surface area contributed by atoms with Gasteiger partial charge in [-0.1, -0.05) is 12.1 Å². The molecule has 0 saturated carbocycles. The molecule has 0 radical (unpaired) electrons. The van der Waals surface area contributed by atoms with Crippen LogP contribution in [-0.4, -0.2) is 10.9 Å². The van der Waals surface area contributed by atoms with E-state index in [2.05, 4.69) is 4.98 Å². The summed E-state index contributed by atoms with van der Waals surface area (Å²) >= 11 is 0. The van der Waals surface area contributed by atoms with Crippen molar-refractivity contribution in [1.82, 2.24) is 10.4 Å². The Bertz CT molecular complexity index is 701. The van der Waals surface area contributed by atoms with Crippen molar-refractivity contribution in [2.24, 2.45) is 11.6 Å². The van der Waals surface area contributed by atoms with E-state index in [0.717, 1.165) is 6.07 Å². The fraction of sp³-hybridized carbons (Fsp3) is 0.143. The summed E-state index contributed by atoms with van der Waals surface area (Å²) in [7, 11) is 0. The number of amides is 1. The van der Waals surface area contributed by atoms with Gasteiger partial charge in [0.05, 0.1) is 5.69 Å². The van der Waals surface area contributed by atoms with Crippen LogP contribution in [0, 0.1) is 0 Å². The summed E-state index contributed by atoms with van der Waals surface area (Å²) in [6, 6.07) is 8.34. The fourth-order valence-electron chi connectivity index (χ4n) is 1.90. The van der Waals surface area contributed by atoms with Gasteiger partial charge in [0.15, 0.2) is 0 Å². The highest BCUT2D eigenvalue weighted by Crippen LogP contribution is 2.30. The minimum atomic E-state index is -4.58. The molecule has 0 fully saturated rings. The maximum atomic E-state index is 12.9. The first-order valence-electron chi connectivity index (χ1n) is 6.24. The molecule has 0 aliphatic heterocycles. The summed E-state index contributed by atoms with van der Waals surface area (Å²) in [5.74, 6) is 4.49. The van der Waals surface area contributed by atoms with Crippen molar-refractivity contribution >= 4 is 5.91 Å². The number of hydrogen-bond acceptors (Lipinski definition) is 4. The number of hydrogen-bond donors (Lipinski definition) is 3. The predicted octanol–water partition coefficient (Wildman–Crippen LogP) is 1.83. The molecule has 116 valence electrons. The number of carbonyl (C=O) groups excluding carboxylic acids is 1. The lowest BCUT2D eigenvalue weighted by molar-refractivity contribution is -0.141. The second-order valence-electron chi connectivity index (χ2n) is 4.50. The molecule has 0 unspecified atom stereocenters. The van der Waals surface area contributed by atoms with Crippen LogP contribution in [0.1, 0.15) is 21.6 Å². The van der Waals surface area contributed by atoms with E-state index >= 15 is 0 Å². The molecule has 0 bridgehead atoms. The van der Waals surface area contributed by atoms with E-state index in [1.54, 1.807) is 6.07 Å². The number of rotatable bonds is 3. The Morgan fingerprint density at radius 1 is 1.23 bits per heavy atom. The predicted molar refractivity (Wildman–Crippen MR) is 74.2 cm³/mol. The van der Waals surface area contributed by atoms with Crippen molar-refractivity contribution in [3.8, 4) is 11.3 Å². The van der Waals surface area contributed by atoms with E-state index in [4.69, 9.17) is 11.6 Å². The zero-order valence-corrected chi connectivity index (χ0v) is 11.3. The third kappa shape index (κ3) is 3.41. The monoisotopic (exact) mass is 310 g/mol. The maximum Gasteiger partial charge on any atom is 0.433 e. The highest BCUT2D eigenvalue weighted by atomic mass is 19.4. The van der Waals surface area contributed by atoms with Gasteiger partial charge in [-0.05, 0) is 29.8 Å². The Balaban J connectivity index is 2.55. The lowest BCUT2D eigenvalue weighted by Gasteiger charge is -2.11. The summed E-state index contributed by atoms with van der Waals surface area (Å²) in [6.07, 6.45) is -4.58. The van der Waals surface area contributed by atoms with Crippen molar-refractivity contribution in [1.29, 1.82) is 0 Å². The number of nitrogen functional groups attached to an aromatic ring is 1. The second kappa shape index (κ2) is 6.12. The first-order chi connectivity index (χ1) is 10.3. The molecular formula is C14H13F3N4O. The van der Waals surface area contributed by atoms with Gasteiger partial charge in [0, 0.05) is 17.7 Å². The van der Waals surface area contributed by atoms with Crippen molar-refractivity contribution in [2.75, 3.05) is 0 Å². The molecule has 1 aromatic heterocycles. The minimum Gasteiger partial charge on any atom is -0.326 e. The highest BCUT2D eigenvalue weighted by Gasteiger charge is 2.33. The number of benzene rings is 1. The maximum absolute atomic E-state index is 12.9. The molecule has 5 nitrogen and oxygen atoms in total. The Morgan fingerprint density at radius 2 is 1.95 bits per heavy atom. The number of alkyl halides is 3. The number of nitrogens with one attached hydrogen (secondary N) is 1. The summed E-state index contributed by atoms with van der Waals surface area (Å²) < 4.78 is 38.6. The topological polar surface area (TPSA) is 94.0 Å². The van der Waals surface area contributed by atoms with Crippen LogP contribution in [0.2, 0.25) is 0 Å². The molecule has 0 spiro atoms. The molecule has 2 aromatic rings. The van der Waals surface area contributed by atoms with E-state index in [0.29, 0.717) is 11.1 Å². The molecule has 1 heterocycles. The molecule has 2 rings (SSSR count). The van der Waals surface area contributed by atoms with Crippen LogP contribution in [0.5, 0.6) is 0 Å². The number of hydrazine groups is 1. The van der Waals surface area contributed by atoms with Crippen LogP contribution in [-0.2, 0) is 12.7 Å². The van der Waals surface area contributed by atoms with Gasteiger partial charge in [0.25, 0.3) is 5.91 Å². The van der Waals surface area contributed by atoms with Gasteiger partial charge in [0.1, 0.15) is 5.69 Å². The number of nitrogens with two attached hydrogens (primary N) is 2. The molecule has 0 saturated heterocycles. The standard InChI is InChI=1S/C14H13F3N4O/c15-14(16,17)12-5-8(7-18)4-11(20-12)9-2-1-3-10(6-9)13(22)21-19/h1-6H,7,18-19H2,(H,21,22). The van der Waals surface area contributed by atoms with Crippen molar-refractivity contribution < 1.29 is 18.0 Å². The first-order valence-corrected chi connectivity index (χ1v) is 6.24. The van der Waals surface area contributed by atoms with E-state index < -0.39 is 17.8 Å². The van der Waals surface area contributed by atoms with Gasteiger partial charge in [-0.3, -0.25) is 10.2 Å². The number of aromatic nitrogens is 1. The number of pyridine rings is 1. The molecule has 0 atom stereocenters. The van der Waals surface area contributed by atoms with Crippen LogP contribution in [0.15, 0.2) is 36.4 Å². The lowest BCUT2D eigenvalue weighted by Crippen LogP contribution is -2.29. The molecule has 0 aliphatic carbocycles. The van der Waals surface area contributed by atoms with Crippen LogP contribution in [0.4, 0.5) is 13.2 Å². The molecular weight excluding hydrogens is 297 g/mol. The molecule has 22 heavy (non-hydrogen) atoms. The summed E-state index contributed by atoms with van der Waals surface area (Å²) in [5, 5.41) is 0. The third-order valence-electron chi connectivity index (χ3n) is 2.96. The van der Waals surface area contributed by atoms with Gasteiger partial charge in [-0.15, -0.1) is 0 Å². The summed E-state index contributed by atoms with van der Waals surface area (Å²) in [5.41, 5.74) is 7.32. The fourth-order valence-corrected chi connectivity index (χ4v) is 1.90. The first kappa shape index (κ1) is 15.9. The zero-order valence-electron chi connectivity index (χ0n) is 11.3. The summed E-state index contributed by atoms with van der Waals surface area (Å²) in [4.78, 5) is 15.1. The highest BCUT2D eigenvalue weighted by molar-refractivity contribution is 5.94. The molecule has 1 amide bonds. The van der Waals surface area contributed by atoms with Crippen LogP contribution < -0.4 is 17.0 Å². The Hall–Kier alpha value is -2.45. The second-order valence-corrected chi connectivity index (χ2v) is 4.50. The number of carbonyl (C=O) groups is 1. The van der Waals surface area contributed by atoms with Gasteiger partial charge in [-0.2, -0.15) is 13.2 Å². The Labute approximate surface area is 124 Å². The van der Waals surface area contributed by atoms with Crippen LogP contribution >= 0.6 is 0 Å². The van der Waals surface area contributed by atoms with Crippen molar-refractivity contribution in [2.45, 2.75) is 12.7 Å². The quantitative estimate of drug-likeness (QED) is 0.458. The largest absolute Gasteiger partial charge is 0.433 e.